The predicted molar refractivity (Wildman–Crippen MR) is 136 cm³/mol. The predicted octanol–water partition coefficient (Wildman–Crippen LogP) is -0.278. The number of rotatable bonds is 6. The van der Waals surface area contributed by atoms with E-state index in [1.54, 1.807) is 6.08 Å². The summed E-state index contributed by atoms with van der Waals surface area (Å²) in [6.45, 7) is 1.72. The minimum atomic E-state index is -1.44. The fourth-order valence-corrected chi connectivity index (χ4v) is 9.83. The number of cyclic esters (lactones) is 1. The molecule has 6 N–H and O–H groups in total. The quantitative estimate of drug-likeness (QED) is 0.184. The Labute approximate surface area is 233 Å². The molecule has 1 saturated heterocycles. The average molecular weight is 567 g/mol. The molecule has 0 amide bonds. The molecule has 0 aromatic rings. The monoisotopic (exact) mass is 566 g/mol. The number of aldehydes is 1. The van der Waals surface area contributed by atoms with Crippen LogP contribution in [0.25, 0.3) is 0 Å². The second kappa shape index (κ2) is 9.80. The number of aliphatic hydroxyl groups excluding tert-OH is 4. The van der Waals surface area contributed by atoms with Crippen LogP contribution < -0.4 is 0 Å². The highest BCUT2D eigenvalue weighted by Crippen LogP contribution is 2.70. The molecule has 13 atom stereocenters. The van der Waals surface area contributed by atoms with E-state index in [0.717, 1.165) is 18.3 Å². The molecule has 0 unspecified atom stereocenters. The van der Waals surface area contributed by atoms with Crippen molar-refractivity contribution in [3.05, 3.63) is 11.6 Å². The fourth-order valence-electron chi connectivity index (χ4n) is 9.83. The van der Waals surface area contributed by atoms with Gasteiger partial charge in [0.1, 0.15) is 37.3 Å². The summed E-state index contributed by atoms with van der Waals surface area (Å²) in [5.74, 6) is -0.692. The second-order valence-corrected chi connectivity index (χ2v) is 13.4. The van der Waals surface area contributed by atoms with Gasteiger partial charge in [0.2, 0.25) is 0 Å². The van der Waals surface area contributed by atoms with Gasteiger partial charge in [-0.15, -0.1) is 0 Å². The Morgan fingerprint density at radius 1 is 1.07 bits per heavy atom. The van der Waals surface area contributed by atoms with Crippen molar-refractivity contribution in [2.45, 2.75) is 113 Å². The first-order valence-electron chi connectivity index (χ1n) is 14.7. The third-order valence-electron chi connectivity index (χ3n) is 12.0. The largest absolute Gasteiger partial charge is 0.458 e. The van der Waals surface area contributed by atoms with E-state index >= 15 is 0 Å². The number of hydrogen-bond acceptors (Lipinski definition) is 11. The topological polar surface area (TPSA) is 183 Å². The SMILES string of the molecule is C[C@]12CC[C@H]3[C@@H](CC[C@]4(O)C[C@@H](O[C@@H]5O[C@H]([C@H](O)CO)[C@H](O)[C@H]5O)CC[C@]34C=O)[C@@]1(O)CC[C@@H]2C1=CC(=O)OC1. The maximum absolute atomic E-state index is 13.0. The van der Waals surface area contributed by atoms with Crippen LogP contribution in [0.4, 0.5) is 0 Å². The Kier molecular flexibility index (Phi) is 7.03. The van der Waals surface area contributed by atoms with E-state index in [1.807, 2.05) is 0 Å². The molecule has 0 aromatic carbocycles. The van der Waals surface area contributed by atoms with Crippen LogP contribution >= 0.6 is 0 Å². The maximum Gasteiger partial charge on any atom is 0.331 e. The molecule has 4 saturated carbocycles. The fraction of sp³-hybridized carbons (Fsp3) is 0.862. The standard InChI is InChI=1S/C29H42O11/c1-26-6-3-18-19(29(26,37)9-5-17(26)15-10-21(33)38-13-15)4-8-28(36)11-16(2-7-27(18,28)14-31)39-25-23(35)22(34)24(40-25)20(32)12-30/h10,14,16-20,22-25,30,32,34-37H,2-9,11-13H2,1H3/t16-,17+,18-,19+,20+,22+,23+,24+,25+,26+,27-,28-,29-/m0/s1. The molecule has 11 nitrogen and oxygen atoms in total. The lowest BCUT2D eigenvalue weighted by Gasteiger charge is -2.65. The number of ether oxygens (including phenoxy) is 3. The molecule has 4 aliphatic carbocycles. The lowest BCUT2D eigenvalue weighted by Crippen LogP contribution is -2.69. The molecule has 2 aliphatic heterocycles. The Morgan fingerprint density at radius 2 is 1.82 bits per heavy atom. The molecular formula is C29H42O11. The van der Waals surface area contributed by atoms with Crippen LogP contribution in [0.1, 0.15) is 64.7 Å². The van der Waals surface area contributed by atoms with Gasteiger partial charge in [-0.05, 0) is 74.7 Å². The Balaban J connectivity index is 1.21. The van der Waals surface area contributed by atoms with Crippen molar-refractivity contribution in [1.29, 1.82) is 0 Å². The average Bonchev–Trinajstić information content (AvgIpc) is 3.57. The van der Waals surface area contributed by atoms with Gasteiger partial charge in [-0.1, -0.05) is 6.92 Å². The summed E-state index contributed by atoms with van der Waals surface area (Å²) in [7, 11) is 0. The summed E-state index contributed by atoms with van der Waals surface area (Å²) in [5.41, 5.74) is -2.98. The molecule has 11 heteroatoms. The molecule has 0 bridgehead atoms. The van der Waals surface area contributed by atoms with Gasteiger partial charge in [-0.25, -0.2) is 4.79 Å². The molecule has 6 aliphatic rings. The zero-order chi connectivity index (χ0) is 28.7. The van der Waals surface area contributed by atoms with Crippen molar-refractivity contribution in [3.63, 3.8) is 0 Å². The zero-order valence-corrected chi connectivity index (χ0v) is 22.9. The number of esters is 1. The highest BCUT2D eigenvalue weighted by molar-refractivity contribution is 5.85. The van der Waals surface area contributed by atoms with Gasteiger partial charge in [0.25, 0.3) is 0 Å². The van der Waals surface area contributed by atoms with Crippen LogP contribution in [0.2, 0.25) is 0 Å². The summed E-state index contributed by atoms with van der Waals surface area (Å²) >= 11 is 0. The summed E-state index contributed by atoms with van der Waals surface area (Å²) in [5, 5.41) is 64.3. The van der Waals surface area contributed by atoms with Gasteiger partial charge >= 0.3 is 5.97 Å². The number of fused-ring (bicyclic) bond motifs is 5. The highest BCUT2D eigenvalue weighted by atomic mass is 16.7. The van der Waals surface area contributed by atoms with Gasteiger partial charge in [0.15, 0.2) is 6.29 Å². The van der Waals surface area contributed by atoms with Crippen LogP contribution in [0.5, 0.6) is 0 Å². The van der Waals surface area contributed by atoms with Crippen molar-refractivity contribution >= 4 is 12.3 Å². The minimum Gasteiger partial charge on any atom is -0.458 e. The van der Waals surface area contributed by atoms with E-state index in [4.69, 9.17) is 14.2 Å². The van der Waals surface area contributed by atoms with Crippen LogP contribution in [0, 0.1) is 28.6 Å². The summed E-state index contributed by atoms with van der Waals surface area (Å²) < 4.78 is 16.7. The molecule has 5 fully saturated rings. The third-order valence-corrected chi connectivity index (χ3v) is 12.0. The van der Waals surface area contributed by atoms with E-state index in [9.17, 15) is 40.2 Å². The zero-order valence-electron chi connectivity index (χ0n) is 22.9. The van der Waals surface area contributed by atoms with Crippen LogP contribution in [-0.2, 0) is 23.8 Å². The molecular weight excluding hydrogens is 524 g/mol. The van der Waals surface area contributed by atoms with Gasteiger partial charge < -0.3 is 49.6 Å². The Bertz CT molecular complexity index is 1060. The van der Waals surface area contributed by atoms with Crippen molar-refractivity contribution < 1.29 is 54.4 Å². The molecule has 0 radical (unpaired) electrons. The summed E-state index contributed by atoms with van der Waals surface area (Å²) in [4.78, 5) is 24.8. The van der Waals surface area contributed by atoms with Gasteiger partial charge in [0, 0.05) is 17.9 Å². The highest BCUT2D eigenvalue weighted by Gasteiger charge is 2.71. The van der Waals surface area contributed by atoms with Crippen molar-refractivity contribution in [3.8, 4) is 0 Å². The Hall–Kier alpha value is -1.44. The molecule has 2 heterocycles. The van der Waals surface area contributed by atoms with E-state index in [-0.39, 0.29) is 36.8 Å². The van der Waals surface area contributed by atoms with Crippen LogP contribution in [0.3, 0.4) is 0 Å². The Morgan fingerprint density at radius 3 is 2.50 bits per heavy atom. The molecule has 6 rings (SSSR count). The third kappa shape index (κ3) is 3.85. The summed E-state index contributed by atoms with van der Waals surface area (Å²) in [6, 6.07) is 0. The lowest BCUT2D eigenvalue weighted by molar-refractivity contribution is -0.267. The molecule has 0 aromatic heterocycles. The minimum absolute atomic E-state index is 0.0309. The van der Waals surface area contributed by atoms with Gasteiger partial charge in [-0.3, -0.25) is 0 Å². The van der Waals surface area contributed by atoms with Crippen LogP contribution in [0.15, 0.2) is 11.6 Å². The number of carbonyl (C=O) groups excluding carboxylic acids is 2. The summed E-state index contributed by atoms with van der Waals surface area (Å²) in [6.07, 6.45) is -0.425. The van der Waals surface area contributed by atoms with E-state index < -0.39 is 65.4 Å². The molecule has 0 spiro atoms. The first kappa shape index (κ1) is 28.7. The number of carbonyl (C=O) groups is 2. The smallest absolute Gasteiger partial charge is 0.331 e. The number of hydrogen-bond donors (Lipinski definition) is 6. The first-order chi connectivity index (χ1) is 18.9. The van der Waals surface area contributed by atoms with Crippen molar-refractivity contribution in [2.24, 2.45) is 28.6 Å². The van der Waals surface area contributed by atoms with E-state index in [2.05, 4.69) is 6.92 Å². The van der Waals surface area contributed by atoms with E-state index in [0.29, 0.717) is 44.9 Å². The van der Waals surface area contributed by atoms with Crippen molar-refractivity contribution in [1.82, 2.24) is 0 Å². The molecule has 40 heavy (non-hydrogen) atoms. The first-order valence-corrected chi connectivity index (χ1v) is 14.7. The van der Waals surface area contributed by atoms with E-state index in [1.165, 1.54) is 0 Å². The molecule has 224 valence electrons. The lowest BCUT2D eigenvalue weighted by atomic mass is 9.41. The van der Waals surface area contributed by atoms with Gasteiger partial charge in [-0.2, -0.15) is 0 Å². The van der Waals surface area contributed by atoms with Crippen LogP contribution in [-0.4, -0.2) is 104 Å². The van der Waals surface area contributed by atoms with Gasteiger partial charge in [0.05, 0.1) is 29.3 Å². The van der Waals surface area contributed by atoms with Crippen molar-refractivity contribution in [2.75, 3.05) is 13.2 Å². The maximum atomic E-state index is 13.0. The second-order valence-electron chi connectivity index (χ2n) is 13.4. The normalized spacial score (nSPS) is 52.8. The number of aliphatic hydroxyl groups is 6.